The first-order valence-corrected chi connectivity index (χ1v) is 5.94. The summed E-state index contributed by atoms with van der Waals surface area (Å²) in [5.41, 5.74) is 0.930. The molecular weight excluding hydrogens is 256 g/mol. The molecule has 0 aliphatic heterocycles. The third-order valence-electron chi connectivity index (χ3n) is 2.59. The number of carbonyl (C=O) groups excluding carboxylic acids is 1. The van der Waals surface area contributed by atoms with E-state index in [0.717, 1.165) is 5.56 Å². The monoisotopic (exact) mass is 268 g/mol. The number of para-hydroxylation sites is 2. The van der Waals surface area contributed by atoms with Gasteiger partial charge in [-0.3, -0.25) is 14.9 Å². The van der Waals surface area contributed by atoms with Gasteiger partial charge in [0.25, 0.3) is 5.69 Å². The number of hydrogen-bond acceptors (Lipinski definition) is 3. The summed E-state index contributed by atoms with van der Waals surface area (Å²) in [6.45, 7) is 0. The van der Waals surface area contributed by atoms with Gasteiger partial charge in [0, 0.05) is 12.1 Å². The lowest BCUT2D eigenvalue weighted by Crippen LogP contribution is -2.09. The summed E-state index contributed by atoms with van der Waals surface area (Å²) < 4.78 is 0. The van der Waals surface area contributed by atoms with Gasteiger partial charge >= 0.3 is 0 Å². The van der Waals surface area contributed by atoms with E-state index in [1.54, 1.807) is 18.2 Å². The van der Waals surface area contributed by atoms with E-state index in [1.807, 2.05) is 30.3 Å². The summed E-state index contributed by atoms with van der Waals surface area (Å²) in [6.07, 6.45) is 2.98. The third kappa shape index (κ3) is 3.52. The van der Waals surface area contributed by atoms with E-state index in [-0.39, 0.29) is 11.4 Å². The van der Waals surface area contributed by atoms with E-state index in [1.165, 1.54) is 18.2 Å². The first kappa shape index (κ1) is 13.5. The van der Waals surface area contributed by atoms with Crippen LogP contribution in [0, 0.1) is 10.1 Å². The summed E-state index contributed by atoms with van der Waals surface area (Å²) in [5.74, 6) is -0.414. The number of hydrogen-bond donors (Lipinski definition) is 1. The molecule has 0 saturated heterocycles. The maximum atomic E-state index is 11.7. The molecule has 100 valence electrons. The molecule has 0 fully saturated rings. The highest BCUT2D eigenvalue weighted by Gasteiger charge is 2.13. The highest BCUT2D eigenvalue weighted by molar-refractivity contribution is 6.03. The molecule has 2 aromatic rings. The number of nitro benzene ring substituents is 1. The van der Waals surface area contributed by atoms with Crippen molar-refractivity contribution < 1.29 is 9.72 Å². The molecule has 0 spiro atoms. The summed E-state index contributed by atoms with van der Waals surface area (Å²) in [4.78, 5) is 22.0. The lowest BCUT2D eigenvalue weighted by atomic mass is 10.2. The second kappa shape index (κ2) is 6.29. The molecule has 1 amide bonds. The van der Waals surface area contributed by atoms with Gasteiger partial charge in [-0.15, -0.1) is 0 Å². The Morgan fingerprint density at radius 1 is 1.05 bits per heavy atom. The Labute approximate surface area is 115 Å². The zero-order valence-corrected chi connectivity index (χ0v) is 10.5. The van der Waals surface area contributed by atoms with Crippen LogP contribution in [-0.2, 0) is 4.79 Å². The molecule has 0 bridgehead atoms. The molecule has 1 N–H and O–H groups in total. The van der Waals surface area contributed by atoms with Gasteiger partial charge in [0.1, 0.15) is 5.69 Å². The second-order valence-corrected chi connectivity index (χ2v) is 4.01. The number of carbonyl (C=O) groups is 1. The molecule has 2 aromatic carbocycles. The molecule has 20 heavy (non-hydrogen) atoms. The van der Waals surface area contributed by atoms with Crippen LogP contribution in [0.2, 0.25) is 0 Å². The lowest BCUT2D eigenvalue weighted by Gasteiger charge is -2.02. The van der Waals surface area contributed by atoms with E-state index < -0.39 is 10.8 Å². The Bertz CT molecular complexity index is 651. The van der Waals surface area contributed by atoms with E-state index in [2.05, 4.69) is 5.32 Å². The topological polar surface area (TPSA) is 72.2 Å². The van der Waals surface area contributed by atoms with Crippen molar-refractivity contribution in [2.75, 3.05) is 5.32 Å². The maximum Gasteiger partial charge on any atom is 0.292 e. The van der Waals surface area contributed by atoms with Crippen molar-refractivity contribution in [2.24, 2.45) is 0 Å². The van der Waals surface area contributed by atoms with Gasteiger partial charge in [0.15, 0.2) is 0 Å². The Kier molecular flexibility index (Phi) is 4.24. The summed E-state index contributed by atoms with van der Waals surface area (Å²) in [6, 6.07) is 15.3. The molecular formula is C15H12N2O3. The molecule has 0 unspecified atom stereocenters. The van der Waals surface area contributed by atoms with Crippen LogP contribution in [-0.4, -0.2) is 10.8 Å². The molecule has 5 nitrogen and oxygen atoms in total. The molecule has 0 heterocycles. The average molecular weight is 268 g/mol. The van der Waals surface area contributed by atoms with Crippen LogP contribution in [0.1, 0.15) is 5.56 Å². The van der Waals surface area contributed by atoms with Crippen molar-refractivity contribution in [3.8, 4) is 0 Å². The normalized spacial score (nSPS) is 10.4. The number of nitro groups is 1. The van der Waals surface area contributed by atoms with E-state index >= 15 is 0 Å². The minimum absolute atomic E-state index is 0.131. The molecule has 0 aliphatic carbocycles. The minimum atomic E-state index is -0.531. The van der Waals surface area contributed by atoms with Crippen LogP contribution >= 0.6 is 0 Å². The number of nitrogens with zero attached hydrogens (tertiary/aromatic N) is 1. The predicted octanol–water partition coefficient (Wildman–Crippen LogP) is 3.25. The van der Waals surface area contributed by atoms with Gasteiger partial charge < -0.3 is 5.32 Å². The van der Waals surface area contributed by atoms with Crippen LogP contribution in [0.15, 0.2) is 60.7 Å². The van der Waals surface area contributed by atoms with Gasteiger partial charge in [-0.1, -0.05) is 42.5 Å². The van der Waals surface area contributed by atoms with Gasteiger partial charge in [-0.05, 0) is 17.7 Å². The van der Waals surface area contributed by atoms with Gasteiger partial charge in [-0.25, -0.2) is 0 Å². The zero-order chi connectivity index (χ0) is 14.4. The predicted molar refractivity (Wildman–Crippen MR) is 77.2 cm³/mol. The van der Waals surface area contributed by atoms with Crippen molar-refractivity contribution in [1.82, 2.24) is 0 Å². The molecule has 5 heteroatoms. The van der Waals surface area contributed by atoms with Crippen LogP contribution in [0.25, 0.3) is 6.08 Å². The maximum absolute atomic E-state index is 11.7. The van der Waals surface area contributed by atoms with Crippen molar-refractivity contribution >= 4 is 23.4 Å². The highest BCUT2D eigenvalue weighted by atomic mass is 16.6. The van der Waals surface area contributed by atoms with Crippen LogP contribution in [0.5, 0.6) is 0 Å². The highest BCUT2D eigenvalue weighted by Crippen LogP contribution is 2.23. The quantitative estimate of drug-likeness (QED) is 0.525. The Hall–Kier alpha value is -2.95. The van der Waals surface area contributed by atoms with Crippen molar-refractivity contribution in [3.63, 3.8) is 0 Å². The van der Waals surface area contributed by atoms with Crippen LogP contribution in [0.4, 0.5) is 11.4 Å². The Balaban J connectivity index is 2.09. The first-order chi connectivity index (χ1) is 9.66. The fourth-order valence-electron chi connectivity index (χ4n) is 1.65. The molecule has 0 aliphatic rings. The molecule has 0 atom stereocenters. The van der Waals surface area contributed by atoms with Crippen molar-refractivity contribution in [3.05, 3.63) is 76.4 Å². The van der Waals surface area contributed by atoms with Gasteiger partial charge in [0.2, 0.25) is 5.91 Å². The molecule has 0 aromatic heterocycles. The number of amides is 1. The minimum Gasteiger partial charge on any atom is -0.317 e. The fraction of sp³-hybridized carbons (Fsp3) is 0. The third-order valence-corrected chi connectivity index (χ3v) is 2.59. The first-order valence-electron chi connectivity index (χ1n) is 5.94. The van der Waals surface area contributed by atoms with E-state index in [9.17, 15) is 14.9 Å². The SMILES string of the molecule is O=C(/C=C\c1ccccc1)Nc1ccccc1[N+](=O)[O-]. The number of anilines is 1. The smallest absolute Gasteiger partial charge is 0.292 e. The van der Waals surface area contributed by atoms with Gasteiger partial charge in [0.05, 0.1) is 4.92 Å². The number of nitrogens with one attached hydrogen (secondary N) is 1. The van der Waals surface area contributed by atoms with Crippen molar-refractivity contribution in [2.45, 2.75) is 0 Å². The zero-order valence-electron chi connectivity index (χ0n) is 10.5. The summed E-state index contributed by atoms with van der Waals surface area (Å²) >= 11 is 0. The second-order valence-electron chi connectivity index (χ2n) is 4.01. The Morgan fingerprint density at radius 3 is 2.40 bits per heavy atom. The molecule has 2 rings (SSSR count). The Morgan fingerprint density at radius 2 is 1.70 bits per heavy atom. The average Bonchev–Trinajstić information content (AvgIpc) is 2.46. The standard InChI is InChI=1S/C15H12N2O3/c18-15(11-10-12-6-2-1-3-7-12)16-13-8-4-5-9-14(13)17(19)20/h1-11H,(H,16,18)/b11-10-. The summed E-state index contributed by atoms with van der Waals surface area (Å²) in [7, 11) is 0. The largest absolute Gasteiger partial charge is 0.317 e. The number of benzene rings is 2. The fourth-order valence-corrected chi connectivity index (χ4v) is 1.65. The molecule has 0 radical (unpaired) electrons. The number of rotatable bonds is 4. The summed E-state index contributed by atoms with van der Waals surface area (Å²) in [5, 5.41) is 13.3. The van der Waals surface area contributed by atoms with E-state index in [4.69, 9.17) is 0 Å². The lowest BCUT2D eigenvalue weighted by molar-refractivity contribution is -0.383. The van der Waals surface area contributed by atoms with Gasteiger partial charge in [-0.2, -0.15) is 0 Å². The van der Waals surface area contributed by atoms with Crippen molar-refractivity contribution in [1.29, 1.82) is 0 Å². The van der Waals surface area contributed by atoms with Crippen LogP contribution in [0.3, 0.4) is 0 Å². The van der Waals surface area contributed by atoms with E-state index in [0.29, 0.717) is 0 Å². The molecule has 0 saturated carbocycles. The van der Waals surface area contributed by atoms with Crippen LogP contribution < -0.4 is 5.32 Å².